The highest BCUT2D eigenvalue weighted by molar-refractivity contribution is 7.19. The summed E-state index contributed by atoms with van der Waals surface area (Å²) in [6.07, 6.45) is 6.74. The second kappa shape index (κ2) is 16.9. The molecule has 16 rings (SSSR count). The predicted octanol–water partition coefficient (Wildman–Crippen LogP) is 12.5. The molecule has 0 unspecified atom stereocenters. The van der Waals surface area contributed by atoms with E-state index in [1.165, 1.54) is 80.4 Å². The van der Waals surface area contributed by atoms with Gasteiger partial charge in [-0.25, -0.2) is 0 Å². The third kappa shape index (κ3) is 6.72. The molecule has 12 aromatic rings. The summed E-state index contributed by atoms with van der Waals surface area (Å²) in [5, 5.41) is 9.92. The zero-order valence-corrected chi connectivity index (χ0v) is 41.5. The van der Waals surface area contributed by atoms with E-state index in [-0.39, 0.29) is 0 Å². The Morgan fingerprint density at radius 3 is 1.34 bits per heavy atom. The van der Waals surface area contributed by atoms with Crippen LogP contribution in [0.2, 0.25) is 0 Å². The molecule has 4 bridgehead atoms. The lowest BCUT2D eigenvalue weighted by molar-refractivity contribution is 0.0900. The molecule has 0 spiro atoms. The van der Waals surface area contributed by atoms with E-state index in [0.717, 1.165) is 50.2 Å². The van der Waals surface area contributed by atoms with Crippen LogP contribution in [0, 0.1) is 11.8 Å². The van der Waals surface area contributed by atoms with E-state index in [1.54, 1.807) is 0 Å². The van der Waals surface area contributed by atoms with Gasteiger partial charge >= 0.3 is 0 Å². The summed E-state index contributed by atoms with van der Waals surface area (Å²) in [5.74, 6) is 3.57. The Bertz CT molecular complexity index is 3930. The van der Waals surface area contributed by atoms with Crippen molar-refractivity contribution in [2.24, 2.45) is 11.8 Å². The van der Waals surface area contributed by atoms with Gasteiger partial charge in [0.15, 0.2) is 13.9 Å². The number of benzene rings is 9. The summed E-state index contributed by atoms with van der Waals surface area (Å²) in [5.41, 5.74) is 8.88. The van der Waals surface area contributed by atoms with Gasteiger partial charge in [0.05, 0.1) is 22.1 Å². The average molecular weight is 957 g/mol. The lowest BCUT2D eigenvalue weighted by Crippen LogP contribution is -2.74. The molecule has 2 aliphatic heterocycles. The van der Waals surface area contributed by atoms with Crippen LogP contribution < -0.4 is 25.6 Å². The van der Waals surface area contributed by atoms with E-state index in [0.29, 0.717) is 29.8 Å². The lowest BCUT2D eigenvalue weighted by Gasteiger charge is -2.57. The summed E-state index contributed by atoms with van der Waals surface area (Å²) in [6, 6.07) is 85.8. The fraction of sp³-hybridized carbons (Fsp3) is 0.136. The summed E-state index contributed by atoms with van der Waals surface area (Å²) in [7, 11) is -2.89. The van der Waals surface area contributed by atoms with Crippen LogP contribution in [0.25, 0.3) is 78.0 Å². The predicted molar refractivity (Wildman–Crippen MR) is 303 cm³/mol. The van der Waals surface area contributed by atoms with Gasteiger partial charge in [0, 0.05) is 44.9 Å². The van der Waals surface area contributed by atoms with Gasteiger partial charge in [0.1, 0.15) is 0 Å². The van der Waals surface area contributed by atoms with E-state index in [9.17, 15) is 0 Å². The fourth-order valence-corrected chi connectivity index (χ4v) is 18.7. The highest BCUT2D eigenvalue weighted by Gasteiger charge is 2.47. The van der Waals surface area contributed by atoms with Gasteiger partial charge in [-0.05, 0) is 118 Å². The minimum Gasteiger partial charge on any atom is -0.366 e. The first-order chi connectivity index (χ1) is 36.2. The second-order valence-electron chi connectivity index (χ2n) is 20.8. The third-order valence-electron chi connectivity index (χ3n) is 16.8. The summed E-state index contributed by atoms with van der Waals surface area (Å²) in [4.78, 5) is 19.6. The van der Waals surface area contributed by atoms with Gasteiger partial charge in [-0.15, -0.1) is 0 Å². The van der Waals surface area contributed by atoms with Gasteiger partial charge < -0.3 is 4.90 Å². The van der Waals surface area contributed by atoms with Crippen LogP contribution >= 0.6 is 0 Å². The number of hydrogen-bond donors (Lipinski definition) is 0. The van der Waals surface area contributed by atoms with Gasteiger partial charge in [0.2, 0.25) is 11.9 Å². The smallest absolute Gasteiger partial charge is 0.240 e. The maximum atomic E-state index is 5.62. The van der Waals surface area contributed by atoms with E-state index in [1.807, 2.05) is 0 Å². The van der Waals surface area contributed by atoms with E-state index >= 15 is 0 Å². The minimum atomic E-state index is -2.89. The maximum Gasteiger partial charge on any atom is 0.240 e. The third-order valence-corrected chi connectivity index (χ3v) is 21.6. The van der Waals surface area contributed by atoms with Crippen molar-refractivity contribution in [2.45, 2.75) is 44.2 Å². The molecule has 0 atom stereocenters. The van der Waals surface area contributed by atoms with Crippen molar-refractivity contribution in [1.29, 1.82) is 0 Å². The van der Waals surface area contributed by atoms with Crippen LogP contribution in [-0.2, 0) is 0 Å². The Morgan fingerprint density at radius 2 is 0.781 bits per heavy atom. The molecule has 5 heterocycles. The second-order valence-corrected chi connectivity index (χ2v) is 24.6. The summed E-state index contributed by atoms with van der Waals surface area (Å²) < 4.78 is 4.54. The normalized spacial score (nSPS) is 18.4. The lowest BCUT2D eigenvalue weighted by atomic mass is 9.63. The number of nitrogens with zero attached hydrogens (tertiary/aromatic N) is 6. The van der Waals surface area contributed by atoms with Crippen molar-refractivity contribution in [3.05, 3.63) is 231 Å². The molecule has 6 nitrogen and oxygen atoms in total. The first-order valence-electron chi connectivity index (χ1n) is 26.1. The van der Waals surface area contributed by atoms with Crippen molar-refractivity contribution < 1.29 is 0 Å². The van der Waals surface area contributed by atoms with Crippen molar-refractivity contribution in [2.75, 3.05) is 4.90 Å². The molecule has 350 valence electrons. The zero-order chi connectivity index (χ0) is 48.0. The van der Waals surface area contributed by atoms with E-state index in [4.69, 9.17) is 15.0 Å². The molecule has 4 aliphatic rings. The average Bonchev–Trinajstić information content (AvgIpc) is 3.97. The number of para-hydroxylation sites is 2. The largest absolute Gasteiger partial charge is 0.366 e. The van der Waals surface area contributed by atoms with E-state index in [2.05, 4.69) is 245 Å². The molecular formula is C66H52N6Si. The number of hydrogen-bond acceptors (Lipinski definition) is 4. The Morgan fingerprint density at radius 1 is 0.329 bits per heavy atom. The van der Waals surface area contributed by atoms with Crippen LogP contribution in [0.15, 0.2) is 231 Å². The Kier molecular flexibility index (Phi) is 9.77. The molecule has 4 fully saturated rings. The SMILES string of the molecule is c1ccc(-c2ccc3c(c2)c2ccccc2n3-c2nc(-c3cccc([Si](c4ccccc4)(c4ccccc4)c4ccccc4)c3)nc(-n3c4ccccc4c4cc(N5C6CC7CC(C6)CC5C7)ccc43)n2)cc1. The number of rotatable bonds is 9. The molecule has 7 heteroatoms. The van der Waals surface area contributed by atoms with Crippen molar-refractivity contribution in [3.8, 4) is 34.4 Å². The van der Waals surface area contributed by atoms with Crippen LogP contribution in [-0.4, -0.2) is 44.2 Å². The molecule has 0 amide bonds. The zero-order valence-electron chi connectivity index (χ0n) is 40.5. The number of piperidine rings is 2. The molecule has 3 aromatic heterocycles. The Balaban J connectivity index is 0.979. The molecule has 0 N–H and O–H groups in total. The number of anilines is 1. The van der Waals surface area contributed by atoms with Gasteiger partial charge in [0.25, 0.3) is 0 Å². The monoisotopic (exact) mass is 956 g/mol. The highest BCUT2D eigenvalue weighted by Crippen LogP contribution is 2.51. The van der Waals surface area contributed by atoms with Gasteiger partial charge in [-0.3, -0.25) is 9.13 Å². The number of aromatic nitrogens is 5. The summed E-state index contributed by atoms with van der Waals surface area (Å²) >= 11 is 0. The van der Waals surface area contributed by atoms with Crippen LogP contribution in [0.3, 0.4) is 0 Å². The van der Waals surface area contributed by atoms with Crippen LogP contribution in [0.1, 0.15) is 32.1 Å². The standard InChI is InChI=1S/C66H52N6Si/c1-5-18-46(19-6-1)47-32-34-62-58(42-47)56-28-13-15-30-60(56)71(62)65-67-64(48-20-17-27-55(41-48)73(52-21-7-2-8-22-52,53-23-9-3-10-24-53)54-25-11-4-12-26-54)68-66(69-65)72-61-31-16-14-29-57(61)59-43-49(33-35-63(59)72)70-50-37-44-36-45(39-50)40-51(70)38-44/h1-35,41-45,50-51H,36-40H2. The molecule has 73 heavy (non-hydrogen) atoms. The maximum absolute atomic E-state index is 5.62. The fourth-order valence-electron chi connectivity index (χ4n) is 13.9. The quantitative estimate of drug-likeness (QED) is 0.107. The summed E-state index contributed by atoms with van der Waals surface area (Å²) in [6.45, 7) is 0. The van der Waals surface area contributed by atoms with Crippen molar-refractivity contribution in [1.82, 2.24) is 24.1 Å². The van der Waals surface area contributed by atoms with Crippen LogP contribution in [0.4, 0.5) is 5.69 Å². The van der Waals surface area contributed by atoms with Crippen LogP contribution in [0.5, 0.6) is 0 Å². The first kappa shape index (κ1) is 42.3. The first-order valence-corrected chi connectivity index (χ1v) is 28.1. The van der Waals surface area contributed by atoms with Gasteiger partial charge in [-0.1, -0.05) is 188 Å². The van der Waals surface area contributed by atoms with Crippen molar-refractivity contribution in [3.63, 3.8) is 0 Å². The Hall–Kier alpha value is -8.39. The minimum absolute atomic E-state index is 0.573. The van der Waals surface area contributed by atoms with Gasteiger partial charge in [-0.2, -0.15) is 15.0 Å². The topological polar surface area (TPSA) is 51.8 Å². The van der Waals surface area contributed by atoms with Crippen molar-refractivity contribution >= 4 is 78.1 Å². The number of fused-ring (bicyclic) bond motifs is 6. The van der Waals surface area contributed by atoms with E-state index < -0.39 is 8.07 Å². The molecule has 9 aromatic carbocycles. The molecule has 2 aliphatic carbocycles. The molecular weight excluding hydrogens is 905 g/mol. The molecule has 0 radical (unpaired) electrons. The molecule has 2 saturated heterocycles. The highest BCUT2D eigenvalue weighted by atomic mass is 28.3. The Labute approximate surface area is 425 Å². The molecule has 2 saturated carbocycles.